The van der Waals surface area contributed by atoms with E-state index in [1.807, 2.05) is 0 Å². The van der Waals surface area contributed by atoms with Gasteiger partial charge in [-0.1, -0.05) is 24.4 Å². The number of nitrogens with two attached hydrogens (primary N) is 1. The summed E-state index contributed by atoms with van der Waals surface area (Å²) in [5.41, 5.74) is 5.21. The number of sulfonamides is 1. The molecule has 1 saturated carbocycles. The predicted molar refractivity (Wildman–Crippen MR) is 84.5 cm³/mol. The Hall–Kier alpha value is -0.630. The van der Waals surface area contributed by atoms with Gasteiger partial charge in [-0.25, -0.2) is 8.42 Å². The maximum absolute atomic E-state index is 12.8. The number of carbonyl (C=O) groups is 1. The molecule has 2 N–H and O–H groups in total. The molecule has 1 aliphatic rings. The Bertz CT molecular complexity index is 645. The summed E-state index contributed by atoms with van der Waals surface area (Å²) in [4.78, 5) is 11.4. The maximum Gasteiger partial charge on any atom is 0.243 e. The van der Waals surface area contributed by atoms with E-state index >= 15 is 0 Å². The van der Waals surface area contributed by atoms with Gasteiger partial charge in [0.15, 0.2) is 0 Å². The van der Waals surface area contributed by atoms with Crippen molar-refractivity contribution in [1.82, 2.24) is 4.31 Å². The highest BCUT2D eigenvalue weighted by molar-refractivity contribution is 9.10. The fraction of sp³-hybridized carbons (Fsp3) is 0.462. The molecule has 0 aromatic heterocycles. The molecule has 1 aliphatic carbocycles. The van der Waals surface area contributed by atoms with Gasteiger partial charge in [-0.05, 0) is 47.0 Å². The lowest BCUT2D eigenvalue weighted by molar-refractivity contribution is -0.118. The van der Waals surface area contributed by atoms with Gasteiger partial charge < -0.3 is 5.73 Å². The van der Waals surface area contributed by atoms with E-state index in [-0.39, 0.29) is 17.5 Å². The molecule has 1 fully saturated rings. The number of halogens is 2. The van der Waals surface area contributed by atoms with Gasteiger partial charge in [-0.3, -0.25) is 4.79 Å². The number of benzene rings is 1. The van der Waals surface area contributed by atoms with E-state index in [4.69, 9.17) is 17.3 Å². The number of primary amides is 1. The zero-order valence-corrected chi connectivity index (χ0v) is 14.4. The highest BCUT2D eigenvalue weighted by atomic mass is 79.9. The third-order valence-corrected chi connectivity index (χ3v) is 6.65. The summed E-state index contributed by atoms with van der Waals surface area (Å²) >= 11 is 9.11. The highest BCUT2D eigenvalue weighted by Gasteiger charge is 2.34. The summed E-state index contributed by atoms with van der Waals surface area (Å²) in [5, 5.41) is 0.427. The zero-order valence-electron chi connectivity index (χ0n) is 11.3. The maximum atomic E-state index is 12.8. The number of hydrogen-bond donors (Lipinski definition) is 1. The summed E-state index contributed by atoms with van der Waals surface area (Å²) < 4.78 is 27.3. The lowest BCUT2D eigenvalue weighted by atomic mass is 10.2. The lowest BCUT2D eigenvalue weighted by Gasteiger charge is -2.27. The van der Waals surface area contributed by atoms with Crippen LogP contribution in [0.4, 0.5) is 0 Å². The van der Waals surface area contributed by atoms with Crippen LogP contribution < -0.4 is 5.73 Å². The summed E-state index contributed by atoms with van der Waals surface area (Å²) in [5.74, 6) is -0.654. The second kappa shape index (κ2) is 6.64. The van der Waals surface area contributed by atoms with E-state index in [1.165, 1.54) is 22.5 Å². The molecule has 1 aromatic rings. The summed E-state index contributed by atoms with van der Waals surface area (Å²) in [6.07, 6.45) is 3.42. The molecule has 0 bridgehead atoms. The van der Waals surface area contributed by atoms with Crippen LogP contribution in [-0.4, -0.2) is 31.2 Å². The van der Waals surface area contributed by atoms with Gasteiger partial charge in [-0.15, -0.1) is 0 Å². The molecule has 0 spiro atoms. The Morgan fingerprint density at radius 3 is 2.52 bits per heavy atom. The molecule has 0 atom stereocenters. The molecule has 0 aliphatic heterocycles. The number of amides is 1. The van der Waals surface area contributed by atoms with Crippen molar-refractivity contribution >= 4 is 43.5 Å². The van der Waals surface area contributed by atoms with Gasteiger partial charge in [0.05, 0.1) is 16.5 Å². The van der Waals surface area contributed by atoms with Crippen molar-refractivity contribution in [2.45, 2.75) is 36.6 Å². The minimum atomic E-state index is -3.77. The molecule has 2 rings (SSSR count). The fourth-order valence-electron chi connectivity index (χ4n) is 2.53. The lowest BCUT2D eigenvalue weighted by Crippen LogP contribution is -2.44. The Balaban J connectivity index is 2.40. The van der Waals surface area contributed by atoms with E-state index in [0.717, 1.165) is 25.7 Å². The van der Waals surface area contributed by atoms with Gasteiger partial charge >= 0.3 is 0 Å². The van der Waals surface area contributed by atoms with Crippen LogP contribution in [0.1, 0.15) is 25.7 Å². The Kier molecular flexibility index (Phi) is 5.29. The first-order valence-corrected chi connectivity index (χ1v) is 9.18. The van der Waals surface area contributed by atoms with E-state index in [2.05, 4.69) is 15.9 Å². The molecule has 5 nitrogen and oxygen atoms in total. The van der Waals surface area contributed by atoms with Crippen molar-refractivity contribution < 1.29 is 13.2 Å². The van der Waals surface area contributed by atoms with Gasteiger partial charge in [0, 0.05) is 10.5 Å². The van der Waals surface area contributed by atoms with Crippen LogP contribution in [0.3, 0.4) is 0 Å². The molecule has 21 heavy (non-hydrogen) atoms. The zero-order chi connectivity index (χ0) is 15.6. The van der Waals surface area contributed by atoms with Crippen molar-refractivity contribution in [1.29, 1.82) is 0 Å². The molecular weight excluding hydrogens is 380 g/mol. The molecule has 116 valence electrons. The molecule has 1 aromatic carbocycles. The molecule has 0 heterocycles. The van der Waals surface area contributed by atoms with Gasteiger partial charge in [-0.2, -0.15) is 4.31 Å². The average molecular weight is 396 g/mol. The first-order valence-electron chi connectivity index (χ1n) is 6.57. The molecule has 0 radical (unpaired) electrons. The van der Waals surface area contributed by atoms with Crippen LogP contribution in [0.2, 0.25) is 5.02 Å². The van der Waals surface area contributed by atoms with Crippen LogP contribution in [0.15, 0.2) is 27.6 Å². The third-order valence-electron chi connectivity index (χ3n) is 3.54. The molecule has 8 heteroatoms. The van der Waals surface area contributed by atoms with E-state index in [0.29, 0.717) is 9.50 Å². The van der Waals surface area contributed by atoms with E-state index in [9.17, 15) is 13.2 Å². The molecular formula is C13H16BrClN2O3S. The van der Waals surface area contributed by atoms with Crippen LogP contribution in [0.25, 0.3) is 0 Å². The Morgan fingerprint density at radius 2 is 2.00 bits per heavy atom. The number of carbonyl (C=O) groups excluding carboxylic acids is 1. The van der Waals surface area contributed by atoms with E-state index < -0.39 is 15.9 Å². The Morgan fingerprint density at radius 1 is 1.38 bits per heavy atom. The Labute approximate surface area is 137 Å². The highest BCUT2D eigenvalue weighted by Crippen LogP contribution is 2.31. The topological polar surface area (TPSA) is 80.5 Å². The molecule has 0 saturated heterocycles. The molecule has 1 amide bonds. The van der Waals surface area contributed by atoms with Crippen LogP contribution in [-0.2, 0) is 14.8 Å². The minimum absolute atomic E-state index is 0.104. The second-order valence-electron chi connectivity index (χ2n) is 5.03. The fourth-order valence-corrected chi connectivity index (χ4v) is 4.85. The first kappa shape index (κ1) is 16.7. The summed E-state index contributed by atoms with van der Waals surface area (Å²) in [6, 6.07) is 4.22. The van der Waals surface area contributed by atoms with Crippen molar-refractivity contribution in [3.05, 3.63) is 27.7 Å². The van der Waals surface area contributed by atoms with Gasteiger partial charge in [0.25, 0.3) is 0 Å². The standard InChI is InChI=1S/C13H16BrClN2O3S/c14-11-7-10(5-6-12(11)15)21(19,20)17(8-13(16)18)9-3-1-2-4-9/h5-7,9H,1-4,8H2,(H2,16,18). The summed E-state index contributed by atoms with van der Waals surface area (Å²) in [7, 11) is -3.77. The number of nitrogens with zero attached hydrogens (tertiary/aromatic N) is 1. The summed E-state index contributed by atoms with van der Waals surface area (Å²) in [6.45, 7) is -0.298. The largest absolute Gasteiger partial charge is 0.369 e. The van der Waals surface area contributed by atoms with E-state index in [1.54, 1.807) is 0 Å². The van der Waals surface area contributed by atoms with Gasteiger partial charge in [0.2, 0.25) is 15.9 Å². The first-order chi connectivity index (χ1) is 9.82. The van der Waals surface area contributed by atoms with Crippen LogP contribution >= 0.6 is 27.5 Å². The SMILES string of the molecule is NC(=O)CN(C1CCCC1)S(=O)(=O)c1ccc(Cl)c(Br)c1. The third kappa shape index (κ3) is 3.77. The van der Waals surface area contributed by atoms with Crippen LogP contribution in [0.5, 0.6) is 0 Å². The van der Waals surface area contributed by atoms with Gasteiger partial charge in [0.1, 0.15) is 0 Å². The minimum Gasteiger partial charge on any atom is -0.369 e. The molecule has 0 unspecified atom stereocenters. The monoisotopic (exact) mass is 394 g/mol. The predicted octanol–water partition coefficient (Wildman–Crippen LogP) is 2.52. The van der Waals surface area contributed by atoms with Crippen molar-refractivity contribution in [3.63, 3.8) is 0 Å². The number of hydrogen-bond acceptors (Lipinski definition) is 3. The normalized spacial score (nSPS) is 16.5. The van der Waals surface area contributed by atoms with Crippen molar-refractivity contribution in [2.24, 2.45) is 5.73 Å². The smallest absolute Gasteiger partial charge is 0.243 e. The second-order valence-corrected chi connectivity index (χ2v) is 8.18. The quantitative estimate of drug-likeness (QED) is 0.832. The number of rotatable bonds is 5. The average Bonchev–Trinajstić information content (AvgIpc) is 2.92. The van der Waals surface area contributed by atoms with Crippen molar-refractivity contribution in [3.8, 4) is 0 Å². The van der Waals surface area contributed by atoms with Crippen molar-refractivity contribution in [2.75, 3.05) is 6.54 Å². The van der Waals surface area contributed by atoms with Crippen LogP contribution in [0, 0.1) is 0 Å².